The van der Waals surface area contributed by atoms with Crippen molar-refractivity contribution in [3.63, 3.8) is 0 Å². The molecule has 1 aromatic rings. The van der Waals surface area contributed by atoms with E-state index in [2.05, 4.69) is 11.5 Å². The van der Waals surface area contributed by atoms with Crippen LogP contribution in [-0.4, -0.2) is 41.9 Å². The van der Waals surface area contributed by atoms with E-state index in [9.17, 15) is 4.79 Å². The van der Waals surface area contributed by atoms with Gasteiger partial charge < -0.3 is 15.3 Å². The monoisotopic (exact) mass is 247 g/mol. The summed E-state index contributed by atoms with van der Waals surface area (Å²) in [5.41, 5.74) is 3.64. The van der Waals surface area contributed by atoms with Crippen molar-refractivity contribution in [2.45, 2.75) is 6.04 Å². The Kier molecular flexibility index (Phi) is 3.77. The van der Waals surface area contributed by atoms with Crippen LogP contribution < -0.4 is 5.43 Å². The maximum Gasteiger partial charge on any atom is 0.337 e. The van der Waals surface area contributed by atoms with E-state index in [1.165, 1.54) is 6.07 Å². The van der Waals surface area contributed by atoms with Gasteiger partial charge in [-0.05, 0) is 12.1 Å². The first-order valence-electron chi connectivity index (χ1n) is 5.55. The fraction of sp³-hybridized carbons (Fsp3) is 0.333. The van der Waals surface area contributed by atoms with E-state index in [0.29, 0.717) is 25.4 Å². The Balaban J connectivity index is 2.18. The second-order valence-corrected chi connectivity index (χ2v) is 3.88. The molecule has 0 saturated carbocycles. The SMILES string of the molecule is N#C[C@@H]1COCCN1Nc1ccccc1C(=O)O. The Labute approximate surface area is 104 Å². The molecule has 0 bridgehead atoms. The van der Waals surface area contributed by atoms with E-state index >= 15 is 0 Å². The molecule has 2 N–H and O–H groups in total. The van der Waals surface area contributed by atoms with Crippen molar-refractivity contribution >= 4 is 11.7 Å². The lowest BCUT2D eigenvalue weighted by Crippen LogP contribution is -2.47. The maximum atomic E-state index is 11.1. The summed E-state index contributed by atoms with van der Waals surface area (Å²) in [5.74, 6) is -1.00. The molecule has 1 saturated heterocycles. The normalized spacial score (nSPS) is 20.1. The molecule has 1 fully saturated rings. The summed E-state index contributed by atoms with van der Waals surface area (Å²) in [6, 6.07) is 8.30. The summed E-state index contributed by atoms with van der Waals surface area (Å²) in [6.07, 6.45) is 0. The third kappa shape index (κ3) is 2.59. The summed E-state index contributed by atoms with van der Waals surface area (Å²) >= 11 is 0. The number of hydrogen-bond donors (Lipinski definition) is 2. The van der Waals surface area contributed by atoms with Crippen molar-refractivity contribution in [3.05, 3.63) is 29.8 Å². The molecule has 0 amide bonds. The van der Waals surface area contributed by atoms with Crippen molar-refractivity contribution in [3.8, 4) is 6.07 Å². The van der Waals surface area contributed by atoms with Crippen LogP contribution in [0.1, 0.15) is 10.4 Å². The van der Waals surface area contributed by atoms with Crippen LogP contribution in [0.5, 0.6) is 0 Å². The Morgan fingerprint density at radius 3 is 3.06 bits per heavy atom. The van der Waals surface area contributed by atoms with Crippen LogP contribution in [0.15, 0.2) is 24.3 Å². The van der Waals surface area contributed by atoms with Crippen LogP contribution in [0.2, 0.25) is 0 Å². The van der Waals surface area contributed by atoms with Gasteiger partial charge in [-0.25, -0.2) is 9.80 Å². The Bertz CT molecular complexity index is 484. The van der Waals surface area contributed by atoms with E-state index in [1.807, 2.05) is 0 Å². The number of ether oxygens (including phenoxy) is 1. The van der Waals surface area contributed by atoms with Gasteiger partial charge in [0, 0.05) is 6.54 Å². The molecule has 0 aromatic heterocycles. The van der Waals surface area contributed by atoms with Gasteiger partial charge in [0.2, 0.25) is 0 Å². The van der Waals surface area contributed by atoms with Crippen molar-refractivity contribution in [2.75, 3.05) is 25.2 Å². The minimum Gasteiger partial charge on any atom is -0.478 e. The summed E-state index contributed by atoms with van der Waals surface area (Å²) in [5, 5.41) is 19.8. The molecule has 1 atom stereocenters. The highest BCUT2D eigenvalue weighted by atomic mass is 16.5. The zero-order valence-electron chi connectivity index (χ0n) is 9.67. The number of carboxylic acids is 1. The number of hydrazine groups is 1. The van der Waals surface area contributed by atoms with E-state index in [1.54, 1.807) is 23.2 Å². The second kappa shape index (κ2) is 5.49. The molecule has 2 rings (SSSR count). The molecule has 18 heavy (non-hydrogen) atoms. The first kappa shape index (κ1) is 12.4. The highest BCUT2D eigenvalue weighted by Gasteiger charge is 2.23. The molecule has 0 unspecified atom stereocenters. The average Bonchev–Trinajstić information content (AvgIpc) is 2.40. The number of nitrogens with one attached hydrogen (secondary N) is 1. The minimum absolute atomic E-state index is 0.181. The number of aromatic carboxylic acids is 1. The summed E-state index contributed by atoms with van der Waals surface area (Å²) < 4.78 is 5.20. The van der Waals surface area contributed by atoms with Crippen LogP contribution in [0.25, 0.3) is 0 Å². The summed E-state index contributed by atoms with van der Waals surface area (Å²) in [4.78, 5) is 11.1. The highest BCUT2D eigenvalue weighted by molar-refractivity contribution is 5.94. The third-order valence-corrected chi connectivity index (χ3v) is 2.70. The number of para-hydroxylation sites is 1. The second-order valence-electron chi connectivity index (χ2n) is 3.88. The third-order valence-electron chi connectivity index (χ3n) is 2.70. The largest absolute Gasteiger partial charge is 0.478 e. The van der Waals surface area contributed by atoms with Gasteiger partial charge in [0.25, 0.3) is 0 Å². The van der Waals surface area contributed by atoms with Crippen LogP contribution in [0, 0.1) is 11.3 Å². The number of rotatable bonds is 3. The molecule has 1 aromatic carbocycles. The van der Waals surface area contributed by atoms with Crippen molar-refractivity contribution in [1.82, 2.24) is 5.01 Å². The number of anilines is 1. The average molecular weight is 247 g/mol. The molecule has 1 aliphatic rings. The Morgan fingerprint density at radius 1 is 1.56 bits per heavy atom. The fourth-order valence-electron chi connectivity index (χ4n) is 1.77. The van der Waals surface area contributed by atoms with Crippen LogP contribution in [-0.2, 0) is 4.74 Å². The van der Waals surface area contributed by atoms with Crippen LogP contribution in [0.4, 0.5) is 5.69 Å². The quantitative estimate of drug-likeness (QED) is 0.826. The van der Waals surface area contributed by atoms with Gasteiger partial charge in [0.1, 0.15) is 6.04 Å². The minimum atomic E-state index is -1.00. The molecular formula is C12H13N3O3. The molecule has 6 heteroatoms. The summed E-state index contributed by atoms with van der Waals surface area (Å²) in [7, 11) is 0. The van der Waals surface area contributed by atoms with Gasteiger partial charge in [0.15, 0.2) is 0 Å². The van der Waals surface area contributed by atoms with E-state index in [4.69, 9.17) is 15.1 Å². The van der Waals surface area contributed by atoms with Crippen molar-refractivity contribution in [2.24, 2.45) is 0 Å². The molecule has 94 valence electrons. The number of carboxylic acid groups (broad SMARTS) is 1. The van der Waals surface area contributed by atoms with Gasteiger partial charge in [-0.15, -0.1) is 0 Å². The lowest BCUT2D eigenvalue weighted by Gasteiger charge is -2.32. The van der Waals surface area contributed by atoms with Crippen molar-refractivity contribution < 1.29 is 14.6 Å². The topological polar surface area (TPSA) is 85.6 Å². The molecule has 0 radical (unpaired) electrons. The Hall–Kier alpha value is -2.10. The smallest absolute Gasteiger partial charge is 0.337 e. The fourth-order valence-corrected chi connectivity index (χ4v) is 1.77. The van der Waals surface area contributed by atoms with E-state index in [0.717, 1.165) is 0 Å². The summed E-state index contributed by atoms with van der Waals surface area (Å²) in [6.45, 7) is 1.37. The van der Waals surface area contributed by atoms with Gasteiger partial charge in [0.05, 0.1) is 30.5 Å². The zero-order chi connectivity index (χ0) is 13.0. The number of nitriles is 1. The highest BCUT2D eigenvalue weighted by Crippen LogP contribution is 2.17. The zero-order valence-corrected chi connectivity index (χ0v) is 9.67. The van der Waals surface area contributed by atoms with E-state index in [-0.39, 0.29) is 5.56 Å². The van der Waals surface area contributed by atoms with Gasteiger partial charge in [-0.1, -0.05) is 12.1 Å². The number of carbonyl (C=O) groups is 1. The molecule has 0 aliphatic carbocycles. The van der Waals surface area contributed by atoms with Crippen LogP contribution in [0.3, 0.4) is 0 Å². The van der Waals surface area contributed by atoms with Crippen molar-refractivity contribution in [1.29, 1.82) is 5.26 Å². The molecule has 6 nitrogen and oxygen atoms in total. The van der Waals surface area contributed by atoms with Gasteiger partial charge in [-0.2, -0.15) is 5.26 Å². The number of nitrogens with zero attached hydrogens (tertiary/aromatic N) is 2. The molecular weight excluding hydrogens is 234 g/mol. The number of hydrogen-bond acceptors (Lipinski definition) is 5. The number of morpholine rings is 1. The predicted octanol–water partition coefficient (Wildman–Crippen LogP) is 0.936. The number of benzene rings is 1. The first-order chi connectivity index (χ1) is 8.72. The Morgan fingerprint density at radius 2 is 2.33 bits per heavy atom. The van der Waals surface area contributed by atoms with E-state index < -0.39 is 12.0 Å². The van der Waals surface area contributed by atoms with Gasteiger partial charge in [-0.3, -0.25) is 0 Å². The first-order valence-corrected chi connectivity index (χ1v) is 5.55. The standard InChI is InChI=1S/C12H13N3O3/c13-7-9-8-18-6-5-15(9)14-11-4-2-1-3-10(11)12(16)17/h1-4,9,14H,5-6,8H2,(H,16,17)/t9-/m1/s1. The molecule has 0 spiro atoms. The predicted molar refractivity (Wildman–Crippen MR) is 64.0 cm³/mol. The lowest BCUT2D eigenvalue weighted by atomic mass is 10.2. The molecule has 1 heterocycles. The van der Waals surface area contributed by atoms with Gasteiger partial charge >= 0.3 is 5.97 Å². The van der Waals surface area contributed by atoms with Crippen LogP contribution >= 0.6 is 0 Å². The lowest BCUT2D eigenvalue weighted by molar-refractivity contribution is 0.0253. The molecule has 1 aliphatic heterocycles. The maximum absolute atomic E-state index is 11.1.